The van der Waals surface area contributed by atoms with Gasteiger partial charge >= 0.3 is 7.82 Å². The molecule has 12 N–H and O–H groups in total. The lowest BCUT2D eigenvalue weighted by molar-refractivity contribution is -0.172. The SMILES string of the molecule is NC(=O)[C@](N)(O)[C@@H](O)[C@H](O)[C@H](O)CO.O=P(O)(O)O. The van der Waals surface area contributed by atoms with Gasteiger partial charge in [-0.25, -0.2) is 4.57 Å². The quantitative estimate of drug-likeness (QED) is 0.169. The molecule has 116 valence electrons. The highest BCUT2D eigenvalue weighted by Crippen LogP contribution is 2.25. The summed E-state index contributed by atoms with van der Waals surface area (Å²) >= 11 is 0. The molecule has 0 aliphatic heterocycles. The summed E-state index contributed by atoms with van der Waals surface area (Å²) in [6, 6.07) is 0. The second-order valence-corrected chi connectivity index (χ2v) is 4.41. The summed E-state index contributed by atoms with van der Waals surface area (Å²) in [6.45, 7) is -0.868. The number of phosphoric acid groups is 1. The molecular weight excluding hydrogens is 291 g/mol. The van der Waals surface area contributed by atoms with E-state index in [-0.39, 0.29) is 0 Å². The molecule has 0 saturated carbocycles. The Hall–Kier alpha value is -0.660. The van der Waals surface area contributed by atoms with E-state index in [1.807, 2.05) is 0 Å². The fourth-order valence-electron chi connectivity index (χ4n) is 0.725. The van der Waals surface area contributed by atoms with Gasteiger partial charge in [0.05, 0.1) is 6.61 Å². The molecule has 0 aliphatic carbocycles. The van der Waals surface area contributed by atoms with Crippen molar-refractivity contribution in [1.29, 1.82) is 0 Å². The lowest BCUT2D eigenvalue weighted by atomic mass is 9.98. The number of primary amides is 1. The van der Waals surface area contributed by atoms with Crippen LogP contribution in [0.25, 0.3) is 0 Å². The number of hydrogen-bond acceptors (Lipinski definition) is 8. The van der Waals surface area contributed by atoms with Gasteiger partial charge in [0.25, 0.3) is 5.91 Å². The van der Waals surface area contributed by atoms with Crippen LogP contribution in [0.3, 0.4) is 0 Å². The molecule has 0 bridgehead atoms. The molecule has 0 aromatic carbocycles. The minimum atomic E-state index is -4.64. The molecule has 0 heterocycles. The molecule has 0 rings (SSSR count). The summed E-state index contributed by atoms with van der Waals surface area (Å²) in [6.07, 6.45) is -5.91. The van der Waals surface area contributed by atoms with E-state index in [1.54, 1.807) is 0 Å². The normalized spacial score (nSPS) is 19.4. The first-order valence-electron chi connectivity index (χ1n) is 4.49. The van der Waals surface area contributed by atoms with E-state index in [9.17, 15) is 4.79 Å². The maximum atomic E-state index is 10.5. The summed E-state index contributed by atoms with van der Waals surface area (Å²) in [5, 5.41) is 44.5. The number of nitrogens with two attached hydrogens (primary N) is 2. The van der Waals surface area contributed by atoms with E-state index < -0.39 is 44.4 Å². The van der Waals surface area contributed by atoms with Gasteiger partial charge in [-0.15, -0.1) is 0 Å². The molecule has 19 heavy (non-hydrogen) atoms. The first-order valence-corrected chi connectivity index (χ1v) is 6.06. The van der Waals surface area contributed by atoms with Gasteiger partial charge in [0.2, 0.25) is 5.72 Å². The van der Waals surface area contributed by atoms with Crippen molar-refractivity contribution in [1.82, 2.24) is 0 Å². The van der Waals surface area contributed by atoms with Gasteiger partial charge in [-0.05, 0) is 0 Å². The van der Waals surface area contributed by atoms with Crippen LogP contribution in [0.4, 0.5) is 0 Å². The van der Waals surface area contributed by atoms with Crippen molar-refractivity contribution in [3.05, 3.63) is 0 Å². The smallest absolute Gasteiger partial charge is 0.394 e. The van der Waals surface area contributed by atoms with Crippen LogP contribution in [0.5, 0.6) is 0 Å². The standard InChI is InChI=1S/C6H14N2O6.H3O4P/c7-5(13)6(8,14)4(12)3(11)2(10)1-9;1-5(2,3)4/h2-4,9-12,14H,1,8H2,(H2,7,13);(H3,1,2,3,4)/t2-,3-,4+,6-;/m1./s1. The van der Waals surface area contributed by atoms with Gasteiger partial charge in [0.15, 0.2) is 0 Å². The highest BCUT2D eigenvalue weighted by Gasteiger charge is 2.44. The Morgan fingerprint density at radius 2 is 1.53 bits per heavy atom. The van der Waals surface area contributed by atoms with E-state index in [0.29, 0.717) is 0 Å². The number of aliphatic hydroxyl groups excluding tert-OH is 4. The van der Waals surface area contributed by atoms with Crippen LogP contribution in [-0.2, 0) is 9.36 Å². The largest absolute Gasteiger partial charge is 0.466 e. The molecule has 0 radical (unpaired) electrons. The van der Waals surface area contributed by atoms with Gasteiger partial charge in [-0.1, -0.05) is 0 Å². The molecule has 0 spiro atoms. The van der Waals surface area contributed by atoms with Crippen LogP contribution in [0, 0.1) is 0 Å². The molecule has 0 unspecified atom stereocenters. The Balaban J connectivity index is 0. The minimum Gasteiger partial charge on any atom is -0.394 e. The highest BCUT2D eigenvalue weighted by molar-refractivity contribution is 7.45. The van der Waals surface area contributed by atoms with Crippen LogP contribution in [0.15, 0.2) is 0 Å². The van der Waals surface area contributed by atoms with Gasteiger partial charge in [0, 0.05) is 0 Å². The number of aliphatic hydroxyl groups is 5. The van der Waals surface area contributed by atoms with Crippen molar-refractivity contribution in [3.8, 4) is 0 Å². The maximum absolute atomic E-state index is 10.5. The molecule has 0 aromatic rings. The van der Waals surface area contributed by atoms with E-state index in [0.717, 1.165) is 0 Å². The summed E-state index contributed by atoms with van der Waals surface area (Å²) < 4.78 is 8.88. The predicted molar refractivity (Wildman–Crippen MR) is 57.7 cm³/mol. The second-order valence-electron chi connectivity index (χ2n) is 3.39. The molecule has 12 nitrogen and oxygen atoms in total. The Bertz CT molecular complexity index is 322. The molecule has 0 saturated heterocycles. The fraction of sp³-hybridized carbons (Fsp3) is 0.833. The molecule has 1 amide bonds. The van der Waals surface area contributed by atoms with Gasteiger partial charge in [0.1, 0.15) is 18.3 Å². The number of carbonyl (C=O) groups is 1. The third-order valence-electron chi connectivity index (χ3n) is 1.75. The molecule has 0 aliphatic rings. The maximum Gasteiger partial charge on any atom is 0.466 e. The second kappa shape index (κ2) is 7.81. The fourth-order valence-corrected chi connectivity index (χ4v) is 0.725. The third kappa shape index (κ3) is 8.96. The van der Waals surface area contributed by atoms with Crippen molar-refractivity contribution < 1.29 is 49.6 Å². The zero-order valence-corrected chi connectivity index (χ0v) is 10.3. The van der Waals surface area contributed by atoms with E-state index in [4.69, 9.17) is 50.5 Å². The van der Waals surface area contributed by atoms with Crippen molar-refractivity contribution in [2.45, 2.75) is 24.0 Å². The minimum absolute atomic E-state index is 0.868. The van der Waals surface area contributed by atoms with Crippen molar-refractivity contribution in [2.24, 2.45) is 11.5 Å². The Morgan fingerprint density at radius 1 is 1.21 bits per heavy atom. The van der Waals surface area contributed by atoms with Crippen LogP contribution in [-0.4, -0.2) is 76.8 Å². The van der Waals surface area contributed by atoms with Crippen LogP contribution in [0.1, 0.15) is 0 Å². The van der Waals surface area contributed by atoms with E-state index in [2.05, 4.69) is 5.73 Å². The third-order valence-corrected chi connectivity index (χ3v) is 1.75. The van der Waals surface area contributed by atoms with Crippen LogP contribution in [0.2, 0.25) is 0 Å². The Labute approximate surface area is 106 Å². The highest BCUT2D eigenvalue weighted by atomic mass is 31.2. The molecule has 0 aromatic heterocycles. The van der Waals surface area contributed by atoms with Crippen molar-refractivity contribution in [3.63, 3.8) is 0 Å². The number of carbonyl (C=O) groups excluding carboxylic acids is 1. The predicted octanol–water partition coefficient (Wildman–Crippen LogP) is -5.73. The molecule has 13 heteroatoms. The first kappa shape index (κ1) is 20.7. The molecule has 0 fully saturated rings. The lowest BCUT2D eigenvalue weighted by Crippen LogP contribution is -2.65. The summed E-state index contributed by atoms with van der Waals surface area (Å²) in [7, 11) is -4.64. The Kier molecular flexibility index (Phi) is 8.49. The zero-order chi connectivity index (χ0) is 16.0. The van der Waals surface area contributed by atoms with E-state index >= 15 is 0 Å². The summed E-state index contributed by atoms with van der Waals surface area (Å²) in [4.78, 5) is 32.1. The summed E-state index contributed by atoms with van der Waals surface area (Å²) in [5.41, 5.74) is 6.63. The van der Waals surface area contributed by atoms with Crippen LogP contribution < -0.4 is 11.5 Å². The number of hydrogen-bond donors (Lipinski definition) is 10. The monoisotopic (exact) mass is 308 g/mol. The average molecular weight is 308 g/mol. The lowest BCUT2D eigenvalue weighted by Gasteiger charge is -2.30. The van der Waals surface area contributed by atoms with Gasteiger partial charge < -0.3 is 45.9 Å². The number of amides is 1. The molecule has 4 atom stereocenters. The van der Waals surface area contributed by atoms with Gasteiger partial charge in [-0.2, -0.15) is 0 Å². The van der Waals surface area contributed by atoms with Crippen LogP contribution >= 0.6 is 7.82 Å². The first-order chi connectivity index (χ1) is 8.25. The topological polar surface area (TPSA) is 248 Å². The average Bonchev–Trinajstić information content (AvgIpc) is 2.23. The van der Waals surface area contributed by atoms with Crippen molar-refractivity contribution >= 4 is 13.7 Å². The Morgan fingerprint density at radius 3 is 1.74 bits per heavy atom. The summed E-state index contributed by atoms with van der Waals surface area (Å²) in [5.74, 6) is -1.46. The van der Waals surface area contributed by atoms with E-state index in [1.165, 1.54) is 0 Å². The number of rotatable bonds is 5. The zero-order valence-electron chi connectivity index (χ0n) is 9.44. The van der Waals surface area contributed by atoms with Crippen molar-refractivity contribution in [2.75, 3.05) is 6.61 Å². The molecular formula is C6H17N2O10P. The van der Waals surface area contributed by atoms with Gasteiger partial charge in [-0.3, -0.25) is 10.5 Å².